The van der Waals surface area contributed by atoms with Crippen LogP contribution in [0.2, 0.25) is 0 Å². The molecule has 1 aliphatic rings. The van der Waals surface area contributed by atoms with Gasteiger partial charge in [-0.1, -0.05) is 58.4 Å². The molecule has 0 radical (unpaired) electrons. The normalized spacial score (nSPS) is 15.2. The van der Waals surface area contributed by atoms with Crippen LogP contribution in [0.3, 0.4) is 0 Å². The van der Waals surface area contributed by atoms with Crippen LogP contribution in [0, 0.1) is 11.3 Å². The summed E-state index contributed by atoms with van der Waals surface area (Å²) in [4.78, 5) is 26.8. The summed E-state index contributed by atoms with van der Waals surface area (Å²) in [5, 5.41) is 9.50. The van der Waals surface area contributed by atoms with Gasteiger partial charge in [0.1, 0.15) is 11.6 Å². The second kappa shape index (κ2) is 13.5. The predicted molar refractivity (Wildman–Crippen MR) is 130 cm³/mol. The van der Waals surface area contributed by atoms with E-state index in [-0.39, 0.29) is 11.5 Å². The number of rotatable bonds is 13. The number of methoxy groups -OCH3 is 1. The van der Waals surface area contributed by atoms with E-state index in [1.807, 2.05) is 31.2 Å². The molecule has 6 nitrogen and oxygen atoms in total. The molecule has 0 atom stereocenters. The number of carbonyl (C=O) groups excluding carboxylic acids is 2. The van der Waals surface area contributed by atoms with Gasteiger partial charge in [-0.25, -0.2) is 0 Å². The summed E-state index contributed by atoms with van der Waals surface area (Å²) in [6.07, 6.45) is 10.4. The third-order valence-corrected chi connectivity index (χ3v) is 5.81. The zero-order chi connectivity index (χ0) is 24.2. The number of amides is 2. The lowest BCUT2D eigenvalue weighted by molar-refractivity contribution is -0.140. The molecule has 1 aromatic rings. The summed E-state index contributed by atoms with van der Waals surface area (Å²) in [5.41, 5.74) is 1.51. The van der Waals surface area contributed by atoms with Crippen LogP contribution in [0.4, 0.5) is 0 Å². The van der Waals surface area contributed by atoms with Crippen molar-refractivity contribution in [2.24, 2.45) is 0 Å². The maximum absolute atomic E-state index is 13.0. The Balaban J connectivity index is 2.19. The van der Waals surface area contributed by atoms with Crippen LogP contribution in [0.5, 0.6) is 11.5 Å². The number of ether oxygens (including phenoxy) is 2. The maximum Gasteiger partial charge on any atom is 0.271 e. The van der Waals surface area contributed by atoms with E-state index in [4.69, 9.17) is 9.47 Å². The summed E-state index contributed by atoms with van der Waals surface area (Å²) in [5.74, 6) is 0.362. The fourth-order valence-corrected chi connectivity index (χ4v) is 3.77. The van der Waals surface area contributed by atoms with Crippen molar-refractivity contribution in [1.29, 1.82) is 5.26 Å². The van der Waals surface area contributed by atoms with Crippen LogP contribution in [0.1, 0.15) is 77.7 Å². The molecule has 1 aliphatic heterocycles. The van der Waals surface area contributed by atoms with Crippen LogP contribution in [0.25, 0.3) is 6.08 Å². The van der Waals surface area contributed by atoms with E-state index >= 15 is 0 Å². The van der Waals surface area contributed by atoms with E-state index in [1.54, 1.807) is 20.1 Å². The minimum atomic E-state index is -0.512. The number of hydrogen-bond acceptors (Lipinski definition) is 5. The van der Waals surface area contributed by atoms with Crippen molar-refractivity contribution in [3.63, 3.8) is 0 Å². The quantitative estimate of drug-likeness (QED) is 0.214. The van der Waals surface area contributed by atoms with Crippen LogP contribution >= 0.6 is 0 Å². The number of carbonyl (C=O) groups is 2. The minimum Gasteiger partial charge on any atom is -0.493 e. The summed E-state index contributed by atoms with van der Waals surface area (Å²) in [6, 6.07) is 7.47. The Labute approximate surface area is 197 Å². The van der Waals surface area contributed by atoms with E-state index in [9.17, 15) is 14.9 Å². The first-order valence-corrected chi connectivity index (χ1v) is 12.0. The molecule has 6 heteroatoms. The smallest absolute Gasteiger partial charge is 0.271 e. The average Bonchev–Trinajstić information content (AvgIpc) is 2.82. The highest BCUT2D eigenvalue weighted by molar-refractivity contribution is 6.19. The molecule has 0 saturated heterocycles. The number of unbranched alkanes of at least 4 members (excludes halogenated alkanes) is 6. The fraction of sp³-hybridized carbons (Fsp3) is 0.519. The molecule has 0 spiro atoms. The largest absolute Gasteiger partial charge is 0.493 e. The molecule has 0 aromatic heterocycles. The molecule has 2 amide bonds. The molecule has 178 valence electrons. The Kier molecular flexibility index (Phi) is 10.7. The third-order valence-electron chi connectivity index (χ3n) is 5.81. The number of nitrogens with zero attached hydrogens (tertiary/aromatic N) is 2. The van der Waals surface area contributed by atoms with Gasteiger partial charge >= 0.3 is 0 Å². The molecule has 1 aromatic carbocycles. The molecule has 0 aliphatic carbocycles. The SMILES string of the molecule is CCCCCCCCOc1ccc(/C=C2/C(=O)N(CCCC)C(=O)C(C#N)=C2C)cc1OC. The zero-order valence-electron chi connectivity index (χ0n) is 20.4. The number of imide groups is 1. The first-order valence-electron chi connectivity index (χ1n) is 12.0. The second-order valence-corrected chi connectivity index (χ2v) is 8.31. The Morgan fingerprint density at radius 2 is 1.67 bits per heavy atom. The second-order valence-electron chi connectivity index (χ2n) is 8.31. The number of benzene rings is 1. The minimum absolute atomic E-state index is 0.0165. The van der Waals surface area contributed by atoms with E-state index < -0.39 is 5.91 Å². The van der Waals surface area contributed by atoms with Gasteiger partial charge in [-0.15, -0.1) is 0 Å². The lowest BCUT2D eigenvalue weighted by Crippen LogP contribution is -2.43. The number of hydrogen-bond donors (Lipinski definition) is 0. The highest BCUT2D eigenvalue weighted by atomic mass is 16.5. The molecule has 0 saturated carbocycles. The Morgan fingerprint density at radius 1 is 0.970 bits per heavy atom. The van der Waals surface area contributed by atoms with Crippen molar-refractivity contribution in [3.05, 3.63) is 40.5 Å². The number of nitriles is 1. The molecule has 0 N–H and O–H groups in total. The monoisotopic (exact) mass is 452 g/mol. The molecular formula is C27H36N2O4. The Morgan fingerprint density at radius 3 is 2.33 bits per heavy atom. The lowest BCUT2D eigenvalue weighted by Gasteiger charge is -2.27. The maximum atomic E-state index is 13.0. The topological polar surface area (TPSA) is 79.6 Å². The van der Waals surface area contributed by atoms with Gasteiger partial charge in [0.25, 0.3) is 11.8 Å². The van der Waals surface area contributed by atoms with Crippen LogP contribution in [0.15, 0.2) is 34.9 Å². The Hall–Kier alpha value is -3.07. The zero-order valence-corrected chi connectivity index (χ0v) is 20.4. The van der Waals surface area contributed by atoms with E-state index in [0.717, 1.165) is 24.8 Å². The Bertz CT molecular complexity index is 940. The van der Waals surface area contributed by atoms with Crippen LogP contribution in [-0.2, 0) is 9.59 Å². The first kappa shape index (κ1) is 26.2. The van der Waals surface area contributed by atoms with Crippen molar-refractivity contribution < 1.29 is 19.1 Å². The lowest BCUT2D eigenvalue weighted by atomic mass is 9.93. The van der Waals surface area contributed by atoms with Crippen molar-refractivity contribution in [3.8, 4) is 17.6 Å². The highest BCUT2D eigenvalue weighted by Gasteiger charge is 2.34. The molecule has 0 fully saturated rings. The summed E-state index contributed by atoms with van der Waals surface area (Å²) in [6.45, 7) is 6.78. The van der Waals surface area contributed by atoms with Gasteiger partial charge in [-0.05, 0) is 49.1 Å². The van der Waals surface area contributed by atoms with Gasteiger partial charge in [0.05, 0.1) is 13.7 Å². The van der Waals surface area contributed by atoms with Crippen molar-refractivity contribution in [2.45, 2.75) is 72.1 Å². The summed E-state index contributed by atoms with van der Waals surface area (Å²) < 4.78 is 11.4. The van der Waals surface area contributed by atoms with Crippen molar-refractivity contribution >= 4 is 17.9 Å². The molecule has 0 bridgehead atoms. The van der Waals surface area contributed by atoms with Crippen molar-refractivity contribution in [1.82, 2.24) is 4.90 Å². The van der Waals surface area contributed by atoms with E-state index in [2.05, 4.69) is 6.92 Å². The molecular weight excluding hydrogens is 416 g/mol. The van der Waals surface area contributed by atoms with Gasteiger partial charge in [0, 0.05) is 12.1 Å². The summed E-state index contributed by atoms with van der Waals surface area (Å²) in [7, 11) is 1.58. The molecule has 33 heavy (non-hydrogen) atoms. The standard InChI is InChI=1S/C27H36N2O4/c1-5-7-9-10-11-12-16-33-24-14-13-21(18-25(24)32-4)17-22-20(3)23(19-28)27(31)29(26(22)30)15-8-6-2/h13-14,17-18H,5-12,15-16H2,1-4H3/b22-17+. The van der Waals surface area contributed by atoms with E-state index in [1.165, 1.54) is 30.6 Å². The van der Waals surface area contributed by atoms with Gasteiger partial charge < -0.3 is 9.47 Å². The summed E-state index contributed by atoms with van der Waals surface area (Å²) >= 11 is 0. The molecule has 1 heterocycles. The van der Waals surface area contributed by atoms with Crippen LogP contribution < -0.4 is 9.47 Å². The van der Waals surface area contributed by atoms with Gasteiger partial charge in [-0.3, -0.25) is 14.5 Å². The van der Waals surface area contributed by atoms with Gasteiger partial charge in [-0.2, -0.15) is 5.26 Å². The third kappa shape index (κ3) is 6.95. The predicted octanol–water partition coefficient (Wildman–Crippen LogP) is 5.83. The van der Waals surface area contributed by atoms with Gasteiger partial charge in [0.2, 0.25) is 0 Å². The molecule has 2 rings (SSSR count). The fourth-order valence-electron chi connectivity index (χ4n) is 3.77. The first-order chi connectivity index (χ1) is 16.0. The van der Waals surface area contributed by atoms with Crippen LogP contribution in [-0.4, -0.2) is 37.0 Å². The van der Waals surface area contributed by atoms with Crippen molar-refractivity contribution in [2.75, 3.05) is 20.3 Å². The highest BCUT2D eigenvalue weighted by Crippen LogP contribution is 2.32. The van der Waals surface area contributed by atoms with Gasteiger partial charge in [0.15, 0.2) is 11.5 Å². The average molecular weight is 453 g/mol. The molecule has 0 unspecified atom stereocenters. The van der Waals surface area contributed by atoms with E-state index in [0.29, 0.717) is 42.2 Å².